The van der Waals surface area contributed by atoms with Crippen LogP contribution in [0.3, 0.4) is 0 Å². The average Bonchev–Trinajstić information content (AvgIpc) is 3.35. The number of nitrogens with one attached hydrogen (secondary N) is 1. The fraction of sp³-hybridized carbons (Fsp3) is 0.444. The van der Waals surface area contributed by atoms with Crippen LogP contribution in [0, 0.1) is 0 Å². The zero-order valence-electron chi connectivity index (χ0n) is 20.3. The molecule has 1 saturated heterocycles. The molecule has 0 saturated carbocycles. The summed E-state index contributed by atoms with van der Waals surface area (Å²) in [6.45, 7) is 8.38. The van der Waals surface area contributed by atoms with Crippen molar-refractivity contribution in [2.75, 3.05) is 31.5 Å². The molecule has 0 bridgehead atoms. The minimum absolute atomic E-state index is 0.398. The molecule has 1 aliphatic heterocycles. The van der Waals surface area contributed by atoms with Crippen molar-refractivity contribution in [1.29, 1.82) is 0 Å². The van der Waals surface area contributed by atoms with Gasteiger partial charge in [-0.2, -0.15) is 0 Å². The number of aromatic nitrogens is 2. The van der Waals surface area contributed by atoms with Crippen LogP contribution in [0.2, 0.25) is 0 Å². The Balaban J connectivity index is 1.57. The first-order chi connectivity index (χ1) is 16.6. The molecule has 0 aromatic carbocycles. The van der Waals surface area contributed by atoms with Crippen molar-refractivity contribution in [3.05, 3.63) is 48.0 Å². The van der Waals surface area contributed by atoms with Gasteiger partial charge in [0.1, 0.15) is 11.5 Å². The fourth-order valence-corrected chi connectivity index (χ4v) is 4.76. The van der Waals surface area contributed by atoms with E-state index in [1.165, 1.54) is 32.4 Å². The van der Waals surface area contributed by atoms with Crippen LogP contribution in [0.1, 0.15) is 58.1 Å². The van der Waals surface area contributed by atoms with E-state index in [0.29, 0.717) is 29.9 Å². The van der Waals surface area contributed by atoms with Gasteiger partial charge >= 0.3 is 0 Å². The molecule has 3 N–H and O–H groups in total. The first-order valence-corrected chi connectivity index (χ1v) is 12.4. The summed E-state index contributed by atoms with van der Waals surface area (Å²) in [5.74, 6) is 0.932. The summed E-state index contributed by atoms with van der Waals surface area (Å²) in [6, 6.07) is 7.75. The maximum Gasteiger partial charge on any atom is 0.245 e. The van der Waals surface area contributed by atoms with E-state index in [9.17, 15) is 4.79 Å². The van der Waals surface area contributed by atoms with Crippen molar-refractivity contribution in [2.45, 2.75) is 52.4 Å². The van der Waals surface area contributed by atoms with Crippen molar-refractivity contribution < 1.29 is 9.21 Å². The van der Waals surface area contributed by atoms with E-state index in [2.05, 4.69) is 15.2 Å². The molecule has 7 heteroatoms. The minimum atomic E-state index is -0.398. The first kappa shape index (κ1) is 24.0. The molecule has 0 spiro atoms. The van der Waals surface area contributed by atoms with E-state index in [1.54, 1.807) is 6.20 Å². The summed E-state index contributed by atoms with van der Waals surface area (Å²) >= 11 is 0. The third kappa shape index (κ3) is 5.47. The number of hydrogen-bond donors (Lipinski definition) is 2. The Hall–Kier alpha value is -3.19. The molecule has 1 fully saturated rings. The number of amides is 1. The zero-order chi connectivity index (χ0) is 23.9. The highest BCUT2D eigenvalue weighted by Crippen LogP contribution is 2.32. The van der Waals surface area contributed by atoms with Crippen LogP contribution in [-0.2, 0) is 4.79 Å². The number of rotatable bonds is 10. The quantitative estimate of drug-likeness (QED) is 0.317. The zero-order valence-corrected chi connectivity index (χ0v) is 20.3. The number of likely N-dealkylation sites (tertiary alicyclic amines) is 1. The number of furan rings is 1. The van der Waals surface area contributed by atoms with Crippen molar-refractivity contribution in [2.24, 2.45) is 5.73 Å². The van der Waals surface area contributed by atoms with Gasteiger partial charge < -0.3 is 20.4 Å². The Morgan fingerprint density at radius 3 is 2.71 bits per heavy atom. The number of piperidine rings is 1. The predicted molar refractivity (Wildman–Crippen MR) is 137 cm³/mol. The topological polar surface area (TPSA) is 97.3 Å². The number of fused-ring (bicyclic) bond motifs is 1. The van der Waals surface area contributed by atoms with Crippen molar-refractivity contribution >= 4 is 28.1 Å². The number of allylic oxidation sites excluding steroid dienone is 1. The SMILES string of the molecule is CCC(C(N)=O)=C(CC)c1ccc(-c2cc(NCCCN3CCCCC3)c3cnccc3n2)o1. The molecule has 4 rings (SSSR count). The van der Waals surface area contributed by atoms with Crippen LogP contribution in [0.25, 0.3) is 27.9 Å². The highest BCUT2D eigenvalue weighted by atomic mass is 16.3. The number of hydrogen-bond acceptors (Lipinski definition) is 6. The molecular formula is C27H35N5O2. The molecule has 1 amide bonds. The van der Waals surface area contributed by atoms with E-state index < -0.39 is 5.91 Å². The molecule has 0 unspecified atom stereocenters. The van der Waals surface area contributed by atoms with E-state index >= 15 is 0 Å². The van der Waals surface area contributed by atoms with Crippen molar-refractivity contribution in [1.82, 2.24) is 14.9 Å². The second-order valence-corrected chi connectivity index (χ2v) is 8.82. The number of carbonyl (C=O) groups is 1. The number of nitrogens with two attached hydrogens (primary N) is 1. The van der Waals surface area contributed by atoms with Crippen LogP contribution in [0.5, 0.6) is 0 Å². The molecule has 7 nitrogen and oxygen atoms in total. The second kappa shape index (κ2) is 11.3. The lowest BCUT2D eigenvalue weighted by Crippen LogP contribution is -2.31. The average molecular weight is 462 g/mol. The smallest absolute Gasteiger partial charge is 0.245 e. The first-order valence-electron chi connectivity index (χ1n) is 12.4. The number of nitrogens with zero attached hydrogens (tertiary/aromatic N) is 3. The van der Waals surface area contributed by atoms with Crippen molar-refractivity contribution in [3.63, 3.8) is 0 Å². The minimum Gasteiger partial charge on any atom is -0.455 e. The van der Waals surface area contributed by atoms with Crippen LogP contribution in [0.15, 0.2) is 46.6 Å². The summed E-state index contributed by atoms with van der Waals surface area (Å²) in [4.78, 5) is 23.6. The number of anilines is 1. The lowest BCUT2D eigenvalue weighted by molar-refractivity contribution is -0.114. The van der Waals surface area contributed by atoms with Crippen LogP contribution in [-0.4, -0.2) is 47.0 Å². The Labute approximate surface area is 201 Å². The van der Waals surface area contributed by atoms with E-state index in [1.807, 2.05) is 44.3 Å². The van der Waals surface area contributed by atoms with Crippen LogP contribution < -0.4 is 11.1 Å². The lowest BCUT2D eigenvalue weighted by Gasteiger charge is -2.26. The van der Waals surface area contributed by atoms with Gasteiger partial charge in [0, 0.05) is 41.2 Å². The van der Waals surface area contributed by atoms with Gasteiger partial charge in [0.05, 0.1) is 5.52 Å². The van der Waals surface area contributed by atoms with Gasteiger partial charge in [0.15, 0.2) is 5.76 Å². The van der Waals surface area contributed by atoms with Gasteiger partial charge in [-0.05, 0) is 76.0 Å². The third-order valence-corrected chi connectivity index (χ3v) is 6.55. The highest BCUT2D eigenvalue weighted by Gasteiger charge is 2.17. The Morgan fingerprint density at radius 1 is 1.15 bits per heavy atom. The van der Waals surface area contributed by atoms with Gasteiger partial charge in [-0.25, -0.2) is 4.98 Å². The van der Waals surface area contributed by atoms with E-state index in [-0.39, 0.29) is 0 Å². The number of pyridine rings is 2. The predicted octanol–water partition coefficient (Wildman–Crippen LogP) is 5.24. The number of primary amides is 1. The fourth-order valence-electron chi connectivity index (χ4n) is 4.76. The van der Waals surface area contributed by atoms with Gasteiger partial charge in [0.25, 0.3) is 0 Å². The largest absolute Gasteiger partial charge is 0.455 e. The molecular weight excluding hydrogens is 426 g/mol. The van der Waals surface area contributed by atoms with E-state index in [0.717, 1.165) is 47.4 Å². The van der Waals surface area contributed by atoms with Crippen LogP contribution >= 0.6 is 0 Å². The molecule has 0 atom stereocenters. The third-order valence-electron chi connectivity index (χ3n) is 6.55. The van der Waals surface area contributed by atoms with Gasteiger partial charge in [-0.3, -0.25) is 9.78 Å². The summed E-state index contributed by atoms with van der Waals surface area (Å²) in [5, 5.41) is 4.59. The highest BCUT2D eigenvalue weighted by molar-refractivity contribution is 5.99. The summed E-state index contributed by atoms with van der Waals surface area (Å²) < 4.78 is 6.19. The molecule has 3 aromatic rings. The maximum atomic E-state index is 11.9. The van der Waals surface area contributed by atoms with Crippen LogP contribution in [0.4, 0.5) is 5.69 Å². The lowest BCUT2D eigenvalue weighted by atomic mass is 10.0. The summed E-state index contributed by atoms with van der Waals surface area (Å²) in [7, 11) is 0. The maximum absolute atomic E-state index is 11.9. The van der Waals surface area contributed by atoms with Gasteiger partial charge in [-0.1, -0.05) is 20.3 Å². The van der Waals surface area contributed by atoms with Gasteiger partial charge in [0.2, 0.25) is 5.91 Å². The second-order valence-electron chi connectivity index (χ2n) is 8.82. The molecule has 180 valence electrons. The normalized spacial score (nSPS) is 15.4. The Bertz CT molecular complexity index is 1160. The summed E-state index contributed by atoms with van der Waals surface area (Å²) in [5.41, 5.74) is 9.67. The molecule has 3 aromatic heterocycles. The van der Waals surface area contributed by atoms with Gasteiger partial charge in [-0.15, -0.1) is 0 Å². The van der Waals surface area contributed by atoms with Crippen molar-refractivity contribution in [3.8, 4) is 11.5 Å². The molecule has 0 radical (unpaired) electrons. The monoisotopic (exact) mass is 461 g/mol. The number of carbonyl (C=O) groups excluding carboxylic acids is 1. The molecule has 1 aliphatic rings. The molecule has 4 heterocycles. The molecule has 0 aliphatic carbocycles. The summed E-state index contributed by atoms with van der Waals surface area (Å²) in [6.07, 6.45) is 9.92. The standard InChI is InChI=1S/C27H35N5O2/c1-3-19(20(4-2)27(28)33)25-9-10-26(34-25)24-17-23(21-18-29-13-11-22(21)31-24)30-12-8-16-32-14-6-5-7-15-32/h9-11,13,17-18H,3-8,12,14-16H2,1-2H3,(H2,28,33)(H,30,31). The molecule has 34 heavy (non-hydrogen) atoms. The Kier molecular flexibility index (Phi) is 7.95. The van der Waals surface area contributed by atoms with E-state index in [4.69, 9.17) is 15.1 Å². The Morgan fingerprint density at radius 2 is 1.97 bits per heavy atom.